The van der Waals surface area contributed by atoms with Crippen LogP contribution in [0.25, 0.3) is 11.3 Å². The van der Waals surface area contributed by atoms with E-state index in [1.54, 1.807) is 20.0 Å². The van der Waals surface area contributed by atoms with Gasteiger partial charge in [-0.05, 0) is 44.2 Å². The van der Waals surface area contributed by atoms with Gasteiger partial charge in [0.15, 0.2) is 0 Å². The third-order valence-electron chi connectivity index (χ3n) is 5.23. The maximum absolute atomic E-state index is 10.1. The Morgan fingerprint density at radius 2 is 1.64 bits per heavy atom. The van der Waals surface area contributed by atoms with Gasteiger partial charge in [-0.15, -0.1) is 0 Å². The van der Waals surface area contributed by atoms with Crippen molar-refractivity contribution in [3.63, 3.8) is 0 Å². The van der Waals surface area contributed by atoms with Crippen molar-refractivity contribution in [1.82, 2.24) is 9.97 Å². The summed E-state index contributed by atoms with van der Waals surface area (Å²) < 4.78 is 0. The second-order valence-electron chi connectivity index (χ2n) is 7.70. The molecule has 3 heterocycles. The Morgan fingerprint density at radius 3 is 2.29 bits per heavy atom. The van der Waals surface area contributed by atoms with Crippen molar-refractivity contribution >= 4 is 11.5 Å². The van der Waals surface area contributed by atoms with E-state index in [4.69, 9.17) is 0 Å². The summed E-state index contributed by atoms with van der Waals surface area (Å²) >= 11 is 0. The van der Waals surface area contributed by atoms with E-state index in [9.17, 15) is 5.11 Å². The van der Waals surface area contributed by atoms with Crippen LogP contribution in [-0.4, -0.2) is 41.3 Å². The highest BCUT2D eigenvalue weighted by molar-refractivity contribution is 5.66. The molecule has 1 saturated heterocycles. The summed E-state index contributed by atoms with van der Waals surface area (Å²) in [4.78, 5) is 13.7. The van der Waals surface area contributed by atoms with Crippen LogP contribution in [0.1, 0.15) is 19.4 Å². The Bertz CT molecular complexity index is 911. The minimum atomic E-state index is -0.858. The monoisotopic (exact) mass is 374 g/mol. The lowest BCUT2D eigenvalue weighted by molar-refractivity contribution is 0.0782. The van der Waals surface area contributed by atoms with E-state index >= 15 is 0 Å². The minimum Gasteiger partial charge on any atom is -0.386 e. The SMILES string of the molecule is CC(C)(O)c1ccc(N2CCN(c3cccc(-c4ccccn4)c3)CC2)nc1. The highest BCUT2D eigenvalue weighted by Crippen LogP contribution is 2.26. The molecule has 1 fully saturated rings. The first-order valence-electron chi connectivity index (χ1n) is 9.71. The Morgan fingerprint density at radius 1 is 0.857 bits per heavy atom. The first kappa shape index (κ1) is 18.4. The van der Waals surface area contributed by atoms with E-state index < -0.39 is 5.60 Å². The molecule has 0 radical (unpaired) electrons. The smallest absolute Gasteiger partial charge is 0.128 e. The molecule has 3 aromatic rings. The van der Waals surface area contributed by atoms with Gasteiger partial charge in [-0.1, -0.05) is 24.3 Å². The molecule has 5 nitrogen and oxygen atoms in total. The van der Waals surface area contributed by atoms with Gasteiger partial charge in [0.25, 0.3) is 0 Å². The molecular weight excluding hydrogens is 348 g/mol. The minimum absolute atomic E-state index is 0.834. The molecule has 4 rings (SSSR count). The molecule has 1 aliphatic heterocycles. The van der Waals surface area contributed by atoms with Crippen LogP contribution < -0.4 is 9.80 Å². The number of piperazine rings is 1. The number of rotatable bonds is 4. The highest BCUT2D eigenvalue weighted by atomic mass is 16.3. The van der Waals surface area contributed by atoms with Crippen molar-refractivity contribution in [3.8, 4) is 11.3 Å². The van der Waals surface area contributed by atoms with E-state index in [1.165, 1.54) is 5.69 Å². The fraction of sp³-hybridized carbons (Fsp3) is 0.304. The fourth-order valence-corrected chi connectivity index (χ4v) is 3.52. The molecule has 0 unspecified atom stereocenters. The number of nitrogens with zero attached hydrogens (tertiary/aromatic N) is 4. The second-order valence-corrected chi connectivity index (χ2v) is 7.70. The lowest BCUT2D eigenvalue weighted by atomic mass is 10.0. The zero-order valence-corrected chi connectivity index (χ0v) is 16.4. The molecule has 0 amide bonds. The highest BCUT2D eigenvalue weighted by Gasteiger charge is 2.20. The van der Waals surface area contributed by atoms with E-state index in [2.05, 4.69) is 44.0 Å². The first-order chi connectivity index (χ1) is 13.5. The molecule has 144 valence electrons. The topological polar surface area (TPSA) is 52.5 Å². The van der Waals surface area contributed by atoms with Crippen molar-refractivity contribution in [2.45, 2.75) is 19.4 Å². The summed E-state index contributed by atoms with van der Waals surface area (Å²) in [6.45, 7) is 7.29. The lowest BCUT2D eigenvalue weighted by Crippen LogP contribution is -2.46. The molecule has 0 bridgehead atoms. The maximum Gasteiger partial charge on any atom is 0.128 e. The van der Waals surface area contributed by atoms with Crippen molar-refractivity contribution in [1.29, 1.82) is 0 Å². The van der Waals surface area contributed by atoms with Crippen molar-refractivity contribution in [3.05, 3.63) is 72.6 Å². The van der Waals surface area contributed by atoms with Gasteiger partial charge in [0.05, 0.1) is 11.3 Å². The molecule has 2 aromatic heterocycles. The van der Waals surface area contributed by atoms with Gasteiger partial charge >= 0.3 is 0 Å². The standard InChI is InChI=1S/C23H26N4O/c1-23(2,28)19-9-10-22(25-17-19)27-14-12-26(13-15-27)20-7-5-6-18(16-20)21-8-3-4-11-24-21/h3-11,16-17,28H,12-15H2,1-2H3. The van der Waals surface area contributed by atoms with Crippen molar-refractivity contribution < 1.29 is 5.11 Å². The summed E-state index contributed by atoms with van der Waals surface area (Å²) in [5.74, 6) is 0.967. The Labute approximate surface area is 166 Å². The van der Waals surface area contributed by atoms with Crippen LogP contribution >= 0.6 is 0 Å². The van der Waals surface area contributed by atoms with E-state index in [-0.39, 0.29) is 0 Å². The van der Waals surface area contributed by atoms with Crippen LogP contribution in [0.2, 0.25) is 0 Å². The summed E-state index contributed by atoms with van der Waals surface area (Å²) in [7, 11) is 0. The number of hydrogen-bond donors (Lipinski definition) is 1. The Balaban J connectivity index is 1.43. The zero-order valence-electron chi connectivity index (χ0n) is 16.4. The first-order valence-corrected chi connectivity index (χ1v) is 9.71. The molecule has 0 atom stereocenters. The van der Waals surface area contributed by atoms with Crippen LogP contribution in [0, 0.1) is 0 Å². The summed E-state index contributed by atoms with van der Waals surface area (Å²) in [5, 5.41) is 10.1. The van der Waals surface area contributed by atoms with Gasteiger partial charge in [-0.25, -0.2) is 4.98 Å². The molecule has 1 N–H and O–H groups in total. The predicted octanol–water partition coefficient (Wildman–Crippen LogP) is 3.70. The average Bonchev–Trinajstić information content (AvgIpc) is 2.74. The van der Waals surface area contributed by atoms with Gasteiger partial charge in [0.1, 0.15) is 5.82 Å². The van der Waals surface area contributed by atoms with Gasteiger partial charge < -0.3 is 14.9 Å². The van der Waals surface area contributed by atoms with Gasteiger partial charge in [-0.2, -0.15) is 0 Å². The van der Waals surface area contributed by atoms with Crippen LogP contribution in [-0.2, 0) is 5.60 Å². The van der Waals surface area contributed by atoms with Crippen molar-refractivity contribution in [2.24, 2.45) is 0 Å². The second kappa shape index (κ2) is 7.60. The number of pyridine rings is 2. The van der Waals surface area contributed by atoms with E-state index in [0.29, 0.717) is 0 Å². The van der Waals surface area contributed by atoms with Crippen LogP contribution in [0.3, 0.4) is 0 Å². The Kier molecular flexibility index (Phi) is 5.01. The van der Waals surface area contributed by atoms with E-state index in [0.717, 1.165) is 48.8 Å². The third-order valence-corrected chi connectivity index (χ3v) is 5.23. The fourth-order valence-electron chi connectivity index (χ4n) is 3.52. The Hall–Kier alpha value is -2.92. The number of aromatic nitrogens is 2. The van der Waals surface area contributed by atoms with Crippen LogP contribution in [0.4, 0.5) is 11.5 Å². The molecule has 1 aromatic carbocycles. The van der Waals surface area contributed by atoms with Crippen molar-refractivity contribution in [2.75, 3.05) is 36.0 Å². The van der Waals surface area contributed by atoms with Crippen LogP contribution in [0.5, 0.6) is 0 Å². The largest absolute Gasteiger partial charge is 0.386 e. The number of anilines is 2. The predicted molar refractivity (Wildman–Crippen MR) is 114 cm³/mol. The van der Waals surface area contributed by atoms with Crippen LogP contribution in [0.15, 0.2) is 67.0 Å². The lowest BCUT2D eigenvalue weighted by Gasteiger charge is -2.37. The third kappa shape index (κ3) is 3.99. The molecule has 0 spiro atoms. The molecule has 0 aliphatic carbocycles. The maximum atomic E-state index is 10.1. The summed E-state index contributed by atoms with van der Waals surface area (Å²) in [6.07, 6.45) is 3.61. The van der Waals surface area contributed by atoms with Gasteiger partial charge in [0, 0.05) is 55.4 Å². The quantitative estimate of drug-likeness (QED) is 0.755. The number of aliphatic hydroxyl groups is 1. The average molecular weight is 374 g/mol. The normalized spacial score (nSPS) is 15.0. The molecular formula is C23H26N4O. The summed E-state index contributed by atoms with van der Waals surface area (Å²) in [6, 6.07) is 18.6. The van der Waals surface area contributed by atoms with E-state index in [1.807, 2.05) is 36.5 Å². The van der Waals surface area contributed by atoms with Gasteiger partial charge in [-0.3, -0.25) is 4.98 Å². The molecule has 1 aliphatic rings. The molecule has 5 heteroatoms. The van der Waals surface area contributed by atoms with Gasteiger partial charge in [0.2, 0.25) is 0 Å². The molecule has 28 heavy (non-hydrogen) atoms. The summed E-state index contributed by atoms with van der Waals surface area (Å²) in [5.41, 5.74) is 3.35. The zero-order chi connectivity index (χ0) is 19.6. The molecule has 0 saturated carbocycles. The number of hydrogen-bond acceptors (Lipinski definition) is 5. The number of benzene rings is 1.